The van der Waals surface area contributed by atoms with Gasteiger partial charge < -0.3 is 25.8 Å². The maximum Gasteiger partial charge on any atom is 0.335 e. The summed E-state index contributed by atoms with van der Waals surface area (Å²) in [5, 5.41) is 17.9. The lowest BCUT2D eigenvalue weighted by atomic mass is 9.97. The van der Waals surface area contributed by atoms with E-state index in [1.54, 1.807) is 42.7 Å². The number of carbonyl (C=O) groups excluding carboxylic acids is 2. The maximum atomic E-state index is 12.3. The number of ether oxygens (including phenoxy) is 1. The predicted octanol–water partition coefficient (Wildman–Crippen LogP) is 4.85. The van der Waals surface area contributed by atoms with E-state index in [1.165, 1.54) is 0 Å². The molecule has 0 fully saturated rings. The van der Waals surface area contributed by atoms with Gasteiger partial charge in [-0.25, -0.2) is 9.59 Å². The van der Waals surface area contributed by atoms with Gasteiger partial charge in [-0.05, 0) is 46.5 Å². The molecule has 0 spiro atoms. The number of urea groups is 1. The lowest BCUT2D eigenvalue weighted by molar-refractivity contribution is -0.153. The number of hydrogen-bond donors (Lipinski definition) is 4. The highest BCUT2D eigenvalue weighted by Gasteiger charge is 2.30. The Morgan fingerprint density at radius 1 is 0.842 bits per heavy atom. The molecule has 2 atom stereocenters. The fourth-order valence-electron chi connectivity index (χ4n) is 3.89. The van der Waals surface area contributed by atoms with Crippen LogP contribution < -0.4 is 16.0 Å². The average molecular weight is 511 g/mol. The van der Waals surface area contributed by atoms with E-state index in [9.17, 15) is 19.5 Å². The van der Waals surface area contributed by atoms with Crippen LogP contribution in [-0.4, -0.2) is 34.6 Å². The number of rotatable bonds is 11. The fourth-order valence-corrected chi connectivity index (χ4v) is 3.89. The number of carboxylic acid groups (broad SMARTS) is 1. The molecule has 1 unspecified atom stereocenters. The summed E-state index contributed by atoms with van der Waals surface area (Å²) in [6.45, 7) is 0.0848. The van der Waals surface area contributed by atoms with Gasteiger partial charge in [0, 0.05) is 23.8 Å². The molecule has 1 heterocycles. The first-order valence-electron chi connectivity index (χ1n) is 11.8. The van der Waals surface area contributed by atoms with Gasteiger partial charge in [0.05, 0.1) is 12.6 Å². The number of amides is 3. The minimum absolute atomic E-state index is 0.0848. The number of pyridine rings is 1. The second-order valence-corrected chi connectivity index (χ2v) is 8.34. The summed E-state index contributed by atoms with van der Waals surface area (Å²) < 4.78 is 5.70. The van der Waals surface area contributed by atoms with Crippen molar-refractivity contribution in [2.24, 2.45) is 0 Å². The summed E-state index contributed by atoms with van der Waals surface area (Å²) in [5.74, 6) is -1.19. The molecular weight excluding hydrogens is 484 g/mol. The lowest BCUT2D eigenvalue weighted by Crippen LogP contribution is -2.38. The number of nitrogens with one attached hydrogen (secondary N) is 3. The molecule has 0 aliphatic heterocycles. The highest BCUT2D eigenvalue weighted by Crippen LogP contribution is 2.27. The van der Waals surface area contributed by atoms with Gasteiger partial charge in [-0.2, -0.15) is 0 Å². The van der Waals surface area contributed by atoms with Gasteiger partial charge in [0.25, 0.3) is 0 Å². The standard InChI is InChI=1S/C29H26N4O5/c34-19-31-26(27(28(35)36)38-18-20-5-2-1-3-6-20)22-11-9-21(10-12-22)23-7-4-8-25(17-23)33-29(37)32-24-13-15-30-16-14-24/h1-17,19,26-27H,18H2,(H,31,34)(H,35,36)(H2,30,32,33,37)/t26?,27-/m0/s1. The van der Waals surface area contributed by atoms with Crippen LogP contribution in [0.5, 0.6) is 0 Å². The molecule has 0 aliphatic carbocycles. The Balaban J connectivity index is 1.47. The van der Waals surface area contributed by atoms with Crippen molar-refractivity contribution in [2.75, 3.05) is 10.6 Å². The Morgan fingerprint density at radius 2 is 1.55 bits per heavy atom. The van der Waals surface area contributed by atoms with E-state index in [2.05, 4.69) is 20.9 Å². The number of carbonyl (C=O) groups is 3. The van der Waals surface area contributed by atoms with Crippen LogP contribution in [0.15, 0.2) is 103 Å². The summed E-state index contributed by atoms with van der Waals surface area (Å²) in [7, 11) is 0. The van der Waals surface area contributed by atoms with Crippen LogP contribution in [0, 0.1) is 0 Å². The van der Waals surface area contributed by atoms with Gasteiger partial charge in [-0.1, -0.05) is 66.7 Å². The SMILES string of the molecule is O=CNC(c1ccc(-c2cccc(NC(=O)Nc3ccncc3)c2)cc1)[C@H](OCc1ccccc1)C(=O)O. The molecule has 0 saturated carbocycles. The molecule has 9 nitrogen and oxygen atoms in total. The fraction of sp³-hybridized carbons (Fsp3) is 0.103. The van der Waals surface area contributed by atoms with E-state index in [1.807, 2.05) is 60.7 Å². The molecule has 192 valence electrons. The third-order valence-electron chi connectivity index (χ3n) is 5.73. The first kappa shape index (κ1) is 26.1. The highest BCUT2D eigenvalue weighted by atomic mass is 16.5. The number of aliphatic carboxylic acids is 1. The van der Waals surface area contributed by atoms with E-state index in [0.29, 0.717) is 23.3 Å². The van der Waals surface area contributed by atoms with Gasteiger partial charge >= 0.3 is 12.0 Å². The van der Waals surface area contributed by atoms with Crippen molar-refractivity contribution in [2.45, 2.75) is 18.8 Å². The molecule has 4 aromatic rings. The smallest absolute Gasteiger partial charge is 0.335 e. The van der Waals surface area contributed by atoms with Crippen molar-refractivity contribution in [3.8, 4) is 11.1 Å². The van der Waals surface area contributed by atoms with Gasteiger partial charge in [-0.3, -0.25) is 9.78 Å². The van der Waals surface area contributed by atoms with Crippen molar-refractivity contribution in [3.05, 3.63) is 115 Å². The molecule has 4 rings (SSSR count). The number of carboxylic acids is 1. The minimum Gasteiger partial charge on any atom is -0.479 e. The monoisotopic (exact) mass is 510 g/mol. The third-order valence-corrected chi connectivity index (χ3v) is 5.73. The van der Waals surface area contributed by atoms with Crippen molar-refractivity contribution < 1.29 is 24.2 Å². The van der Waals surface area contributed by atoms with Crippen LogP contribution in [0.1, 0.15) is 17.2 Å². The zero-order chi connectivity index (χ0) is 26.7. The van der Waals surface area contributed by atoms with Gasteiger partial charge in [0.1, 0.15) is 0 Å². The zero-order valence-electron chi connectivity index (χ0n) is 20.3. The van der Waals surface area contributed by atoms with Crippen LogP contribution in [0.25, 0.3) is 11.1 Å². The number of benzene rings is 3. The van der Waals surface area contributed by atoms with E-state index in [4.69, 9.17) is 4.74 Å². The minimum atomic E-state index is -1.29. The quantitative estimate of drug-likeness (QED) is 0.214. The topological polar surface area (TPSA) is 130 Å². The summed E-state index contributed by atoms with van der Waals surface area (Å²) >= 11 is 0. The number of anilines is 2. The Kier molecular flexibility index (Phi) is 8.77. The van der Waals surface area contributed by atoms with E-state index < -0.39 is 18.1 Å². The maximum absolute atomic E-state index is 12.3. The van der Waals surface area contributed by atoms with Crippen LogP contribution >= 0.6 is 0 Å². The second kappa shape index (κ2) is 12.8. The van der Waals surface area contributed by atoms with Crippen LogP contribution in [0.4, 0.5) is 16.2 Å². The predicted molar refractivity (Wildman–Crippen MR) is 143 cm³/mol. The van der Waals surface area contributed by atoms with E-state index in [-0.39, 0.29) is 12.6 Å². The van der Waals surface area contributed by atoms with Crippen molar-refractivity contribution in [1.82, 2.24) is 10.3 Å². The second-order valence-electron chi connectivity index (χ2n) is 8.34. The highest BCUT2D eigenvalue weighted by molar-refractivity contribution is 6.00. The van der Waals surface area contributed by atoms with Gasteiger partial charge in [0.2, 0.25) is 6.41 Å². The summed E-state index contributed by atoms with van der Waals surface area (Å²) in [6.07, 6.45) is 2.34. The first-order valence-corrected chi connectivity index (χ1v) is 11.8. The Morgan fingerprint density at radius 3 is 2.24 bits per heavy atom. The van der Waals surface area contributed by atoms with Crippen molar-refractivity contribution in [1.29, 1.82) is 0 Å². The number of aromatic nitrogens is 1. The molecule has 38 heavy (non-hydrogen) atoms. The van der Waals surface area contributed by atoms with Crippen molar-refractivity contribution in [3.63, 3.8) is 0 Å². The van der Waals surface area contributed by atoms with Crippen LogP contribution in [-0.2, 0) is 20.9 Å². The lowest BCUT2D eigenvalue weighted by Gasteiger charge is -2.24. The van der Waals surface area contributed by atoms with Gasteiger partial charge in [-0.15, -0.1) is 0 Å². The average Bonchev–Trinajstić information content (AvgIpc) is 2.94. The Labute approximate surface area is 219 Å². The molecule has 1 aromatic heterocycles. The summed E-state index contributed by atoms with van der Waals surface area (Å²) in [4.78, 5) is 39.6. The Bertz CT molecular complexity index is 1360. The molecule has 0 aliphatic rings. The summed E-state index contributed by atoms with van der Waals surface area (Å²) in [5.41, 5.74) is 4.30. The van der Waals surface area contributed by atoms with E-state index >= 15 is 0 Å². The van der Waals surface area contributed by atoms with E-state index in [0.717, 1.165) is 16.7 Å². The Hall–Kier alpha value is -5.02. The number of nitrogens with zero attached hydrogens (tertiary/aromatic N) is 1. The molecule has 0 radical (unpaired) electrons. The summed E-state index contributed by atoms with van der Waals surface area (Å²) in [6, 6.07) is 25.7. The molecule has 3 amide bonds. The molecular formula is C29H26N4O5. The van der Waals surface area contributed by atoms with Crippen LogP contribution in [0.3, 0.4) is 0 Å². The molecule has 0 saturated heterocycles. The third kappa shape index (κ3) is 7.02. The number of hydrogen-bond acceptors (Lipinski definition) is 5. The molecule has 0 bridgehead atoms. The van der Waals surface area contributed by atoms with Crippen molar-refractivity contribution >= 4 is 29.8 Å². The zero-order valence-corrected chi connectivity index (χ0v) is 20.3. The molecule has 4 N–H and O–H groups in total. The molecule has 9 heteroatoms. The van der Waals surface area contributed by atoms with Gasteiger partial charge in [0.15, 0.2) is 6.10 Å². The largest absolute Gasteiger partial charge is 0.479 e. The van der Waals surface area contributed by atoms with Crippen LogP contribution in [0.2, 0.25) is 0 Å². The normalized spacial score (nSPS) is 12.1. The first-order chi connectivity index (χ1) is 18.5. The molecule has 3 aromatic carbocycles.